The summed E-state index contributed by atoms with van der Waals surface area (Å²) in [6, 6.07) is 4.43. The van der Waals surface area contributed by atoms with Gasteiger partial charge >= 0.3 is 0 Å². The minimum Gasteiger partial charge on any atom is -0.331 e. The van der Waals surface area contributed by atoms with Crippen molar-refractivity contribution >= 4 is 41.3 Å². The highest BCUT2D eigenvalue weighted by atomic mass is 35.5. The number of amides is 1. The van der Waals surface area contributed by atoms with E-state index >= 15 is 0 Å². The summed E-state index contributed by atoms with van der Waals surface area (Å²) >= 11 is 7.28. The molecule has 100 valence electrons. The van der Waals surface area contributed by atoms with Gasteiger partial charge in [0.15, 0.2) is 0 Å². The molecule has 0 aliphatic carbocycles. The summed E-state index contributed by atoms with van der Waals surface area (Å²) in [5.41, 5.74) is 0. The average Bonchev–Trinajstić information content (AvgIpc) is 2.81. The van der Waals surface area contributed by atoms with E-state index in [-0.39, 0.29) is 18.3 Å². The van der Waals surface area contributed by atoms with Crippen molar-refractivity contribution in [3.63, 3.8) is 0 Å². The van der Waals surface area contributed by atoms with Gasteiger partial charge in [0.05, 0.1) is 9.21 Å². The lowest BCUT2D eigenvalue weighted by molar-refractivity contribution is 0.0685. The first kappa shape index (κ1) is 14.1. The van der Waals surface area contributed by atoms with Gasteiger partial charge in [-0.25, -0.2) is 0 Å². The summed E-state index contributed by atoms with van der Waals surface area (Å²) < 4.78 is 0.689. The van der Waals surface area contributed by atoms with Crippen LogP contribution in [0, 0.1) is 0 Å². The van der Waals surface area contributed by atoms with Crippen LogP contribution < -0.4 is 5.32 Å². The van der Waals surface area contributed by atoms with E-state index in [1.807, 2.05) is 6.07 Å². The second-order valence-corrected chi connectivity index (χ2v) is 6.41. The van der Waals surface area contributed by atoms with Crippen molar-refractivity contribution in [3.05, 3.63) is 21.3 Å². The Bertz CT molecular complexity index is 423. The van der Waals surface area contributed by atoms with Crippen molar-refractivity contribution in [2.45, 2.75) is 31.3 Å². The maximum atomic E-state index is 12.5. The number of fused-ring (bicyclic) bond motifs is 2. The lowest BCUT2D eigenvalue weighted by atomic mass is 10.1. The zero-order chi connectivity index (χ0) is 11.8. The molecule has 0 spiro atoms. The summed E-state index contributed by atoms with van der Waals surface area (Å²) in [6.07, 6.45) is 3.35. The van der Waals surface area contributed by atoms with E-state index in [0.717, 1.165) is 37.2 Å². The Morgan fingerprint density at radius 3 is 2.83 bits per heavy atom. The van der Waals surface area contributed by atoms with Gasteiger partial charge in [-0.1, -0.05) is 11.6 Å². The van der Waals surface area contributed by atoms with Gasteiger partial charge in [-0.2, -0.15) is 0 Å². The molecule has 2 saturated heterocycles. The van der Waals surface area contributed by atoms with Crippen molar-refractivity contribution in [2.24, 2.45) is 0 Å². The third-order valence-electron chi connectivity index (χ3n) is 3.67. The van der Waals surface area contributed by atoms with Gasteiger partial charge in [0.25, 0.3) is 5.91 Å². The molecule has 6 heteroatoms. The fourth-order valence-electron chi connectivity index (χ4n) is 2.87. The summed E-state index contributed by atoms with van der Waals surface area (Å²) in [4.78, 5) is 15.3. The molecular formula is C12H16Cl2N2OS. The van der Waals surface area contributed by atoms with Crippen LogP contribution in [-0.2, 0) is 0 Å². The van der Waals surface area contributed by atoms with E-state index in [1.165, 1.54) is 11.3 Å². The average molecular weight is 307 g/mol. The molecule has 0 aromatic carbocycles. The quantitative estimate of drug-likeness (QED) is 0.865. The van der Waals surface area contributed by atoms with E-state index in [9.17, 15) is 4.79 Å². The fourth-order valence-corrected chi connectivity index (χ4v) is 3.86. The van der Waals surface area contributed by atoms with Gasteiger partial charge in [0.2, 0.25) is 0 Å². The van der Waals surface area contributed by atoms with Crippen molar-refractivity contribution in [3.8, 4) is 0 Å². The van der Waals surface area contributed by atoms with Crippen LogP contribution in [0.3, 0.4) is 0 Å². The van der Waals surface area contributed by atoms with E-state index in [1.54, 1.807) is 6.07 Å². The summed E-state index contributed by atoms with van der Waals surface area (Å²) in [7, 11) is 0. The Balaban J connectivity index is 0.00000120. The molecule has 2 bridgehead atoms. The predicted octanol–water partition coefficient (Wildman–Crippen LogP) is 2.79. The van der Waals surface area contributed by atoms with Crippen molar-refractivity contribution in [2.75, 3.05) is 13.1 Å². The number of nitrogens with zero attached hydrogens (tertiary/aromatic N) is 1. The van der Waals surface area contributed by atoms with Gasteiger partial charge in [-0.15, -0.1) is 23.7 Å². The Hall–Kier alpha value is -0.290. The molecule has 18 heavy (non-hydrogen) atoms. The normalized spacial score (nSPS) is 26.6. The number of thiophene rings is 1. The number of carbonyl (C=O) groups excluding carboxylic acids is 1. The van der Waals surface area contributed by atoms with Gasteiger partial charge in [0.1, 0.15) is 0 Å². The first-order valence-corrected chi connectivity index (χ1v) is 7.24. The van der Waals surface area contributed by atoms with Crippen LogP contribution in [0.5, 0.6) is 0 Å². The smallest absolute Gasteiger partial charge is 0.264 e. The minimum atomic E-state index is 0. The third-order valence-corrected chi connectivity index (χ3v) is 4.89. The Morgan fingerprint density at radius 2 is 2.11 bits per heavy atom. The summed E-state index contributed by atoms with van der Waals surface area (Å²) in [5.74, 6) is 0.165. The second-order valence-electron chi connectivity index (χ2n) is 4.69. The van der Waals surface area contributed by atoms with Crippen molar-refractivity contribution in [1.29, 1.82) is 0 Å². The Labute approximate surface area is 122 Å². The third kappa shape index (κ3) is 2.52. The predicted molar refractivity (Wildman–Crippen MR) is 77.0 cm³/mol. The number of nitrogens with one attached hydrogen (secondary N) is 1. The Kier molecular flexibility index (Phi) is 4.54. The molecule has 3 nitrogen and oxygen atoms in total. The molecule has 3 rings (SSSR count). The van der Waals surface area contributed by atoms with Gasteiger partial charge in [0, 0.05) is 18.6 Å². The van der Waals surface area contributed by atoms with Crippen LogP contribution in [0.2, 0.25) is 4.34 Å². The summed E-state index contributed by atoms with van der Waals surface area (Å²) in [5, 5.41) is 3.40. The van der Waals surface area contributed by atoms with Gasteiger partial charge in [-0.05, 0) is 37.9 Å². The summed E-state index contributed by atoms with van der Waals surface area (Å²) in [6.45, 7) is 1.96. The minimum absolute atomic E-state index is 0. The van der Waals surface area contributed by atoms with E-state index in [4.69, 9.17) is 11.6 Å². The number of halogens is 2. The van der Waals surface area contributed by atoms with Crippen LogP contribution in [0.15, 0.2) is 12.1 Å². The standard InChI is InChI=1S/C12H15ClN2OS.ClH/c13-11-4-3-10(17-11)12(16)15-8-1-2-9(15)7-14-6-5-8;/h3-4,8-9,14H,1-2,5-7H2;1H. The van der Waals surface area contributed by atoms with Crippen molar-refractivity contribution < 1.29 is 4.79 Å². The van der Waals surface area contributed by atoms with Gasteiger partial charge in [-0.3, -0.25) is 4.79 Å². The molecule has 2 fully saturated rings. The highest BCUT2D eigenvalue weighted by molar-refractivity contribution is 7.17. The molecule has 1 N–H and O–H groups in total. The van der Waals surface area contributed by atoms with Crippen LogP contribution >= 0.6 is 35.3 Å². The second kappa shape index (κ2) is 5.78. The lowest BCUT2D eigenvalue weighted by Crippen LogP contribution is -2.42. The van der Waals surface area contributed by atoms with Crippen LogP contribution in [-0.4, -0.2) is 36.0 Å². The number of carbonyl (C=O) groups is 1. The number of rotatable bonds is 1. The highest BCUT2D eigenvalue weighted by Crippen LogP contribution is 2.31. The largest absolute Gasteiger partial charge is 0.331 e. The van der Waals surface area contributed by atoms with Crippen LogP contribution in [0.25, 0.3) is 0 Å². The van der Waals surface area contributed by atoms with E-state index in [0.29, 0.717) is 16.4 Å². The topological polar surface area (TPSA) is 32.3 Å². The number of hydrogen-bond acceptors (Lipinski definition) is 3. The van der Waals surface area contributed by atoms with Crippen LogP contribution in [0.1, 0.15) is 28.9 Å². The van der Waals surface area contributed by atoms with Crippen LogP contribution in [0.4, 0.5) is 0 Å². The van der Waals surface area contributed by atoms with E-state index < -0.39 is 0 Å². The zero-order valence-corrected chi connectivity index (χ0v) is 12.3. The molecule has 0 radical (unpaired) electrons. The maximum absolute atomic E-state index is 12.5. The van der Waals surface area contributed by atoms with Gasteiger partial charge < -0.3 is 10.2 Å². The molecule has 1 amide bonds. The van der Waals surface area contributed by atoms with E-state index in [2.05, 4.69) is 10.2 Å². The molecule has 2 aliphatic heterocycles. The molecule has 2 unspecified atom stereocenters. The molecule has 1 aromatic rings. The first-order valence-electron chi connectivity index (χ1n) is 6.04. The van der Waals surface area contributed by atoms with Crippen molar-refractivity contribution in [1.82, 2.24) is 10.2 Å². The fraction of sp³-hybridized carbons (Fsp3) is 0.583. The lowest BCUT2D eigenvalue weighted by Gasteiger charge is -2.27. The number of hydrogen-bond donors (Lipinski definition) is 1. The zero-order valence-electron chi connectivity index (χ0n) is 9.89. The maximum Gasteiger partial charge on any atom is 0.264 e. The highest BCUT2D eigenvalue weighted by Gasteiger charge is 2.38. The monoisotopic (exact) mass is 306 g/mol. The Morgan fingerprint density at radius 1 is 1.33 bits per heavy atom. The SMILES string of the molecule is Cl.O=C(c1ccc(Cl)s1)N1C2CCNCC1CC2. The molecular weight excluding hydrogens is 291 g/mol. The molecule has 3 heterocycles. The molecule has 0 saturated carbocycles. The molecule has 2 atom stereocenters. The molecule has 1 aromatic heterocycles. The first-order chi connectivity index (χ1) is 8.25. The molecule has 2 aliphatic rings.